The molecule has 0 fully saturated rings. The Labute approximate surface area is 123 Å². The van der Waals surface area contributed by atoms with E-state index in [9.17, 15) is 4.79 Å². The summed E-state index contributed by atoms with van der Waals surface area (Å²) in [4.78, 5) is 12.0. The highest BCUT2D eigenvalue weighted by atomic mass is 28.3. The fraction of sp³-hybridized carbons (Fsp3) is 0.412. The summed E-state index contributed by atoms with van der Waals surface area (Å²) in [6.07, 6.45) is 0. The number of esters is 1. The van der Waals surface area contributed by atoms with Crippen LogP contribution in [0.2, 0.25) is 18.1 Å². The topological polar surface area (TPSA) is 26.3 Å². The van der Waals surface area contributed by atoms with Crippen LogP contribution in [0.25, 0.3) is 0 Å². The van der Waals surface area contributed by atoms with E-state index in [1.54, 1.807) is 19.1 Å². The average molecular weight is 288 g/mol. The van der Waals surface area contributed by atoms with E-state index in [0.29, 0.717) is 11.3 Å². The molecular formula is C17H24O2Si. The molecule has 20 heavy (non-hydrogen) atoms. The average Bonchev–Trinajstić information content (AvgIpc) is 2.50. The number of hydrogen-bond acceptors (Lipinski definition) is 2. The lowest BCUT2D eigenvalue weighted by Crippen LogP contribution is -2.28. The Bertz CT molecular complexity index is 487. The molecule has 0 radical (unpaired) electrons. The molecule has 0 unspecified atom stereocenters. The molecule has 0 aliphatic heterocycles. The van der Waals surface area contributed by atoms with Crippen LogP contribution in [0.1, 0.15) is 27.7 Å². The van der Waals surface area contributed by atoms with Crippen molar-refractivity contribution < 1.29 is 9.53 Å². The van der Waals surface area contributed by atoms with Gasteiger partial charge in [-0.05, 0) is 19.1 Å². The van der Waals surface area contributed by atoms with E-state index in [2.05, 4.69) is 32.2 Å². The maximum atomic E-state index is 12.0. The Hall–Kier alpha value is -1.57. The molecule has 3 heteroatoms. The number of para-hydroxylation sites is 1. The minimum Gasteiger partial charge on any atom is -0.423 e. The third-order valence-corrected chi connectivity index (χ3v) is 8.95. The van der Waals surface area contributed by atoms with Crippen molar-refractivity contribution in [2.75, 3.05) is 0 Å². The van der Waals surface area contributed by atoms with Gasteiger partial charge in [-0.3, -0.25) is 0 Å². The van der Waals surface area contributed by atoms with Gasteiger partial charge in [-0.1, -0.05) is 62.8 Å². The van der Waals surface area contributed by atoms with Crippen molar-refractivity contribution in [2.24, 2.45) is 0 Å². The number of hydrogen-bond donors (Lipinski definition) is 0. The molecule has 0 aromatic heterocycles. The van der Waals surface area contributed by atoms with Gasteiger partial charge in [-0.2, -0.15) is 0 Å². The lowest BCUT2D eigenvalue weighted by atomic mass is 10.3. The van der Waals surface area contributed by atoms with Gasteiger partial charge in [0.05, 0.1) is 13.6 Å². The van der Waals surface area contributed by atoms with Crippen LogP contribution in [0.3, 0.4) is 0 Å². The molecule has 0 aliphatic rings. The maximum absolute atomic E-state index is 12.0. The summed E-state index contributed by atoms with van der Waals surface area (Å²) in [5, 5.41) is 0. The van der Waals surface area contributed by atoms with Gasteiger partial charge in [0.25, 0.3) is 0 Å². The second-order valence-electron chi connectivity index (χ2n) is 5.04. The fourth-order valence-electron chi connectivity index (χ4n) is 2.05. The second kappa shape index (κ2) is 7.88. The lowest BCUT2D eigenvalue weighted by Gasteiger charge is -2.22. The quantitative estimate of drug-likeness (QED) is 0.248. The molecule has 0 saturated carbocycles. The van der Waals surface area contributed by atoms with Crippen LogP contribution in [-0.2, 0) is 4.79 Å². The largest absolute Gasteiger partial charge is 0.423 e. The smallest absolute Gasteiger partial charge is 0.346 e. The zero-order chi connectivity index (χ0) is 15.0. The first kappa shape index (κ1) is 16.5. The van der Waals surface area contributed by atoms with E-state index in [-0.39, 0.29) is 5.97 Å². The number of carbonyl (C=O) groups is 1. The Morgan fingerprint density at radius 3 is 2.20 bits per heavy atom. The fourth-order valence-corrected chi connectivity index (χ4v) is 4.68. The molecule has 0 saturated heterocycles. The SMILES string of the molecule is CC[Si](C=C=C(C)C(=O)Oc1ccccc1)(CC)CC. The molecule has 108 valence electrons. The molecule has 1 aromatic rings. The molecule has 0 aliphatic carbocycles. The molecule has 2 nitrogen and oxygen atoms in total. The van der Waals surface area contributed by atoms with Crippen LogP contribution in [0.15, 0.2) is 47.3 Å². The number of rotatable bonds is 6. The Morgan fingerprint density at radius 1 is 1.15 bits per heavy atom. The van der Waals surface area contributed by atoms with Crippen molar-refractivity contribution in [3.63, 3.8) is 0 Å². The van der Waals surface area contributed by atoms with Crippen molar-refractivity contribution in [1.82, 2.24) is 0 Å². The molecule has 0 amide bonds. The highest BCUT2D eigenvalue weighted by Crippen LogP contribution is 2.21. The van der Waals surface area contributed by atoms with Crippen LogP contribution in [0, 0.1) is 0 Å². The van der Waals surface area contributed by atoms with E-state index < -0.39 is 8.07 Å². The Morgan fingerprint density at radius 2 is 1.70 bits per heavy atom. The highest BCUT2D eigenvalue weighted by molar-refractivity contribution is 6.84. The normalized spacial score (nSPS) is 10.6. The molecule has 0 spiro atoms. The van der Waals surface area contributed by atoms with E-state index in [1.807, 2.05) is 18.2 Å². The third-order valence-electron chi connectivity index (χ3n) is 3.97. The van der Waals surface area contributed by atoms with Gasteiger partial charge in [0, 0.05) is 0 Å². The molecule has 0 bridgehead atoms. The molecule has 1 aromatic carbocycles. The zero-order valence-corrected chi connectivity index (χ0v) is 13.9. The zero-order valence-electron chi connectivity index (χ0n) is 12.9. The first-order valence-electron chi connectivity index (χ1n) is 7.28. The molecule has 0 atom stereocenters. The minimum atomic E-state index is -1.38. The number of ether oxygens (including phenoxy) is 1. The summed E-state index contributed by atoms with van der Waals surface area (Å²) in [6.45, 7) is 8.46. The maximum Gasteiger partial charge on any atom is 0.346 e. The standard InChI is InChI=1S/C17H24O2Si/c1-5-20(6-2,7-3)14-13-15(4)17(18)19-16-11-9-8-10-12-16/h8-12,14H,5-7H2,1-4H3. The van der Waals surface area contributed by atoms with Gasteiger partial charge in [0.1, 0.15) is 5.75 Å². The van der Waals surface area contributed by atoms with Crippen LogP contribution in [0.4, 0.5) is 0 Å². The predicted molar refractivity (Wildman–Crippen MR) is 86.5 cm³/mol. The predicted octanol–water partition coefficient (Wildman–Crippen LogP) is 4.74. The minimum absolute atomic E-state index is 0.321. The summed E-state index contributed by atoms with van der Waals surface area (Å²) >= 11 is 0. The van der Waals surface area contributed by atoms with Crippen LogP contribution < -0.4 is 4.74 Å². The van der Waals surface area contributed by atoms with Crippen LogP contribution in [-0.4, -0.2) is 14.0 Å². The first-order valence-corrected chi connectivity index (χ1v) is 9.98. The molecule has 0 heterocycles. The highest BCUT2D eigenvalue weighted by Gasteiger charge is 2.23. The summed E-state index contributed by atoms with van der Waals surface area (Å²) in [5.41, 5.74) is 5.89. The van der Waals surface area contributed by atoms with Crippen molar-refractivity contribution in [3.8, 4) is 5.75 Å². The monoisotopic (exact) mass is 288 g/mol. The van der Waals surface area contributed by atoms with E-state index >= 15 is 0 Å². The molecular weight excluding hydrogens is 264 g/mol. The molecule has 1 rings (SSSR count). The molecule has 0 N–H and O–H groups in total. The summed E-state index contributed by atoms with van der Waals surface area (Å²) < 4.78 is 5.30. The van der Waals surface area contributed by atoms with Crippen LogP contribution in [0.5, 0.6) is 5.75 Å². The van der Waals surface area contributed by atoms with E-state index in [1.165, 1.54) is 18.1 Å². The third kappa shape index (κ3) is 4.51. The number of carbonyl (C=O) groups excluding carboxylic acids is 1. The van der Waals surface area contributed by atoms with E-state index in [4.69, 9.17) is 4.74 Å². The van der Waals surface area contributed by atoms with Crippen molar-refractivity contribution in [3.05, 3.63) is 47.3 Å². The first-order chi connectivity index (χ1) is 9.56. The van der Waals surface area contributed by atoms with Gasteiger partial charge < -0.3 is 4.74 Å². The van der Waals surface area contributed by atoms with Gasteiger partial charge in [-0.25, -0.2) is 4.79 Å². The van der Waals surface area contributed by atoms with Gasteiger partial charge in [0.15, 0.2) is 0 Å². The van der Waals surface area contributed by atoms with Crippen molar-refractivity contribution in [2.45, 2.75) is 45.8 Å². The number of benzene rings is 1. The van der Waals surface area contributed by atoms with Gasteiger partial charge >= 0.3 is 5.97 Å². The summed E-state index contributed by atoms with van der Waals surface area (Å²) in [5.74, 6) is 0.252. The van der Waals surface area contributed by atoms with Crippen molar-refractivity contribution in [1.29, 1.82) is 0 Å². The Kier molecular flexibility index (Phi) is 6.49. The summed E-state index contributed by atoms with van der Waals surface area (Å²) in [7, 11) is -1.38. The van der Waals surface area contributed by atoms with Gasteiger partial charge in [-0.15, -0.1) is 5.73 Å². The lowest BCUT2D eigenvalue weighted by molar-refractivity contribution is -0.130. The van der Waals surface area contributed by atoms with Crippen LogP contribution >= 0.6 is 0 Å². The summed E-state index contributed by atoms with van der Waals surface area (Å²) in [6, 6.07) is 12.7. The van der Waals surface area contributed by atoms with E-state index in [0.717, 1.165) is 0 Å². The second-order valence-corrected chi connectivity index (χ2v) is 10.2. The van der Waals surface area contributed by atoms with Gasteiger partial charge in [0.2, 0.25) is 0 Å². The Balaban J connectivity index is 2.85. The van der Waals surface area contributed by atoms with Crippen molar-refractivity contribution >= 4 is 14.0 Å².